The van der Waals surface area contributed by atoms with Gasteiger partial charge < -0.3 is 14.3 Å². The van der Waals surface area contributed by atoms with Gasteiger partial charge in [-0.3, -0.25) is 14.2 Å². The Labute approximate surface area is 141 Å². The topological polar surface area (TPSA) is 87.4 Å². The number of nitrogens with one attached hydrogen (secondary N) is 1. The molecule has 0 unspecified atom stereocenters. The lowest BCUT2D eigenvalue weighted by atomic mass is 10.2. The number of pyridine rings is 2. The number of halogens is 1. The molecular weight excluding hydrogens is 329 g/mol. The lowest BCUT2D eigenvalue weighted by molar-refractivity contribution is 0.311. The van der Waals surface area contributed by atoms with Crippen LogP contribution in [0.5, 0.6) is 0 Å². The third kappa shape index (κ3) is 2.34. The van der Waals surface area contributed by atoms with E-state index in [2.05, 4.69) is 15.0 Å². The second-order valence-electron chi connectivity index (χ2n) is 6.24. The summed E-state index contributed by atoms with van der Waals surface area (Å²) in [5.74, 6) is -0.337. The van der Waals surface area contributed by atoms with Crippen LogP contribution in [0.15, 0.2) is 20.2 Å². The first kappa shape index (κ1) is 15.8. The molecule has 1 N–H and O–H groups in total. The lowest BCUT2D eigenvalue weighted by Gasteiger charge is -2.33. The van der Waals surface area contributed by atoms with E-state index in [1.807, 2.05) is 18.9 Å². The second kappa shape index (κ2) is 5.69. The Morgan fingerprint density at radius 1 is 1.28 bits per heavy atom. The van der Waals surface area contributed by atoms with Crippen molar-refractivity contribution in [2.75, 3.05) is 38.1 Å². The number of fused-ring (bicyclic) bond motifs is 2. The van der Waals surface area contributed by atoms with Crippen LogP contribution in [-0.4, -0.2) is 52.8 Å². The van der Waals surface area contributed by atoms with Crippen molar-refractivity contribution in [2.45, 2.75) is 13.5 Å². The Morgan fingerprint density at radius 2 is 2.00 bits per heavy atom. The maximum atomic E-state index is 14.7. The smallest absolute Gasteiger partial charge is 0.293 e. The standard InChI is InChI=1S/C16H18FN5O3/c1-3-22-13-9(12(23)11-15(24)19-25-16(11)22)8-10(17)14(18-13)21-6-4-20(2)5-7-21/h8H,3-7H2,1-2H3,(H,19,24). The molecular formula is C16H18FN5O3. The molecule has 1 fully saturated rings. The molecule has 0 atom stereocenters. The van der Waals surface area contributed by atoms with Gasteiger partial charge in [0.25, 0.3) is 5.56 Å². The Bertz CT molecular complexity index is 1080. The van der Waals surface area contributed by atoms with Crippen LogP contribution in [0.1, 0.15) is 6.92 Å². The number of anilines is 1. The number of aromatic nitrogens is 3. The lowest BCUT2D eigenvalue weighted by Crippen LogP contribution is -2.45. The molecule has 0 aliphatic carbocycles. The van der Waals surface area contributed by atoms with Crippen molar-refractivity contribution in [1.82, 2.24) is 19.6 Å². The molecule has 0 amide bonds. The van der Waals surface area contributed by atoms with Gasteiger partial charge in [-0.05, 0) is 20.0 Å². The van der Waals surface area contributed by atoms with E-state index in [0.29, 0.717) is 25.3 Å². The molecule has 0 spiro atoms. The summed E-state index contributed by atoms with van der Waals surface area (Å²) in [5.41, 5.74) is -0.736. The highest BCUT2D eigenvalue weighted by Gasteiger charge is 2.23. The first-order valence-electron chi connectivity index (χ1n) is 8.19. The molecule has 0 bridgehead atoms. The molecule has 4 heterocycles. The average Bonchev–Trinajstić information content (AvgIpc) is 2.98. The molecule has 132 valence electrons. The predicted molar refractivity (Wildman–Crippen MR) is 91.7 cm³/mol. The summed E-state index contributed by atoms with van der Waals surface area (Å²) in [6.07, 6.45) is 0. The van der Waals surface area contributed by atoms with Crippen molar-refractivity contribution < 1.29 is 8.91 Å². The van der Waals surface area contributed by atoms with E-state index >= 15 is 0 Å². The van der Waals surface area contributed by atoms with Gasteiger partial charge in [0.05, 0.1) is 5.39 Å². The summed E-state index contributed by atoms with van der Waals surface area (Å²) in [4.78, 5) is 32.9. The van der Waals surface area contributed by atoms with Crippen LogP contribution in [0.25, 0.3) is 22.1 Å². The highest BCUT2D eigenvalue weighted by molar-refractivity contribution is 5.89. The highest BCUT2D eigenvalue weighted by atomic mass is 19.1. The van der Waals surface area contributed by atoms with Gasteiger partial charge in [0.15, 0.2) is 17.0 Å². The fourth-order valence-electron chi connectivity index (χ4n) is 3.29. The fraction of sp³-hybridized carbons (Fsp3) is 0.438. The van der Waals surface area contributed by atoms with Gasteiger partial charge in [-0.2, -0.15) is 5.16 Å². The van der Waals surface area contributed by atoms with Crippen LogP contribution >= 0.6 is 0 Å². The summed E-state index contributed by atoms with van der Waals surface area (Å²) in [6, 6.07) is 1.18. The summed E-state index contributed by atoms with van der Waals surface area (Å²) in [7, 11) is 2.01. The number of aromatic amines is 1. The zero-order valence-electron chi connectivity index (χ0n) is 14.0. The minimum absolute atomic E-state index is 0.0802. The number of hydrogen-bond acceptors (Lipinski definition) is 6. The number of H-pyrrole nitrogens is 1. The number of aryl methyl sites for hydroxylation is 1. The van der Waals surface area contributed by atoms with Gasteiger partial charge in [0.1, 0.15) is 5.65 Å². The number of piperazine rings is 1. The predicted octanol–water partition coefficient (Wildman–Crippen LogP) is 0.742. The number of hydrogen-bond donors (Lipinski definition) is 1. The Kier molecular flexibility index (Phi) is 3.60. The van der Waals surface area contributed by atoms with Gasteiger partial charge in [-0.15, -0.1) is 0 Å². The minimum atomic E-state index is -0.618. The molecule has 1 aliphatic heterocycles. The van der Waals surface area contributed by atoms with Crippen LogP contribution in [0.2, 0.25) is 0 Å². The first-order valence-corrected chi connectivity index (χ1v) is 8.19. The second-order valence-corrected chi connectivity index (χ2v) is 6.24. The minimum Gasteiger partial charge on any atom is -0.360 e. The van der Waals surface area contributed by atoms with E-state index in [1.165, 1.54) is 6.07 Å². The molecule has 0 aromatic carbocycles. The summed E-state index contributed by atoms with van der Waals surface area (Å²) in [5, 5.41) is 2.15. The quantitative estimate of drug-likeness (QED) is 0.736. The first-order chi connectivity index (χ1) is 12.0. The largest absolute Gasteiger partial charge is 0.360 e. The van der Waals surface area contributed by atoms with Gasteiger partial charge in [-0.25, -0.2) is 9.37 Å². The third-order valence-corrected chi connectivity index (χ3v) is 4.71. The number of nitrogens with zero attached hydrogens (tertiary/aromatic N) is 4. The summed E-state index contributed by atoms with van der Waals surface area (Å²) >= 11 is 0. The van der Waals surface area contributed by atoms with Crippen molar-refractivity contribution in [3.8, 4) is 0 Å². The highest BCUT2D eigenvalue weighted by Crippen LogP contribution is 2.24. The van der Waals surface area contributed by atoms with Gasteiger partial charge in [-0.1, -0.05) is 0 Å². The Balaban J connectivity index is 2.00. The van der Waals surface area contributed by atoms with Crippen LogP contribution in [0, 0.1) is 5.82 Å². The molecule has 1 saturated heterocycles. The van der Waals surface area contributed by atoms with Crippen LogP contribution in [0.4, 0.5) is 10.2 Å². The van der Waals surface area contributed by atoms with Crippen LogP contribution in [-0.2, 0) is 6.54 Å². The molecule has 25 heavy (non-hydrogen) atoms. The van der Waals surface area contributed by atoms with Crippen LogP contribution in [0.3, 0.4) is 0 Å². The van der Waals surface area contributed by atoms with Gasteiger partial charge in [0.2, 0.25) is 11.1 Å². The third-order valence-electron chi connectivity index (χ3n) is 4.71. The van der Waals surface area contributed by atoms with E-state index < -0.39 is 16.8 Å². The van der Waals surface area contributed by atoms with E-state index in [-0.39, 0.29) is 22.3 Å². The normalized spacial score (nSPS) is 16.2. The molecule has 9 heteroatoms. The number of rotatable bonds is 2. The molecule has 3 aromatic rings. The van der Waals surface area contributed by atoms with Gasteiger partial charge >= 0.3 is 0 Å². The molecule has 8 nitrogen and oxygen atoms in total. The van der Waals surface area contributed by atoms with E-state index in [1.54, 1.807) is 4.57 Å². The van der Waals surface area contributed by atoms with E-state index in [0.717, 1.165) is 13.1 Å². The summed E-state index contributed by atoms with van der Waals surface area (Å²) in [6.45, 7) is 5.20. The van der Waals surface area contributed by atoms with Crippen molar-refractivity contribution in [3.05, 3.63) is 32.5 Å². The SMILES string of the molecule is CCn1c2nc(N3CCN(C)CC3)c(F)cc2c(=O)c2c(=O)[nH]oc21. The Morgan fingerprint density at radius 3 is 2.68 bits per heavy atom. The van der Waals surface area contributed by atoms with Crippen molar-refractivity contribution in [3.63, 3.8) is 0 Å². The van der Waals surface area contributed by atoms with Crippen molar-refractivity contribution in [2.24, 2.45) is 0 Å². The van der Waals surface area contributed by atoms with Crippen LogP contribution < -0.4 is 15.9 Å². The fourth-order valence-corrected chi connectivity index (χ4v) is 3.29. The van der Waals surface area contributed by atoms with Crippen molar-refractivity contribution >= 4 is 28.0 Å². The maximum Gasteiger partial charge on any atom is 0.293 e. The average molecular weight is 347 g/mol. The zero-order valence-corrected chi connectivity index (χ0v) is 14.0. The molecule has 0 saturated carbocycles. The Hall–Kier alpha value is -2.68. The molecule has 4 rings (SSSR count). The van der Waals surface area contributed by atoms with Crippen molar-refractivity contribution in [1.29, 1.82) is 0 Å². The summed E-state index contributed by atoms with van der Waals surface area (Å²) < 4.78 is 21.4. The number of likely N-dealkylation sites (N-methyl/N-ethyl adjacent to an activating group) is 1. The zero-order chi connectivity index (χ0) is 17.7. The van der Waals surface area contributed by atoms with Gasteiger partial charge in [0, 0.05) is 32.7 Å². The molecule has 3 aromatic heterocycles. The maximum absolute atomic E-state index is 14.7. The van der Waals surface area contributed by atoms with E-state index in [9.17, 15) is 14.0 Å². The van der Waals surface area contributed by atoms with E-state index in [4.69, 9.17) is 4.52 Å². The monoisotopic (exact) mass is 347 g/mol. The molecule has 0 radical (unpaired) electrons. The molecule has 1 aliphatic rings.